The van der Waals surface area contributed by atoms with Crippen LogP contribution in [0, 0.1) is 0 Å². The van der Waals surface area contributed by atoms with Gasteiger partial charge in [-0.25, -0.2) is 0 Å². The summed E-state index contributed by atoms with van der Waals surface area (Å²) in [6, 6.07) is 14.4. The molecule has 9 rings (SSSR count). The standard InChI is InChI=1S/C45H38O18/c46-18-10-27(54)33-32(11-18)61-42(16-2-5-21(48)25(52)8-16)39(59)37(33)35-29(56)14-30(57)36-38(40(60)43(63-45(35)36)17-3-6-22(49)26(53)9-17)34-28(55)13-23(50)19-12-31(58)41(62-44(19)34)15-1-4-20(47)24(51)7-15/h1-11,13-14,31,37-43,46-60H,12H2/t31-,37+,38-,39-,40-,41-,42-,43-/m1/s1. The summed E-state index contributed by atoms with van der Waals surface area (Å²) in [5.74, 6) is -11.5. The van der Waals surface area contributed by atoms with Gasteiger partial charge in [-0.05, 0) is 53.1 Å². The Morgan fingerprint density at radius 1 is 0.365 bits per heavy atom. The molecule has 3 heterocycles. The van der Waals surface area contributed by atoms with Crippen LogP contribution < -0.4 is 14.2 Å². The molecule has 18 heteroatoms. The fraction of sp³-hybridized carbons (Fsp3) is 0.200. The van der Waals surface area contributed by atoms with Crippen LogP contribution in [-0.4, -0.2) is 94.9 Å². The minimum Gasteiger partial charge on any atom is -0.508 e. The number of hydrogen-bond acceptors (Lipinski definition) is 18. The van der Waals surface area contributed by atoms with Gasteiger partial charge in [0, 0.05) is 58.5 Å². The van der Waals surface area contributed by atoms with E-state index in [1.54, 1.807) is 0 Å². The third kappa shape index (κ3) is 6.46. The zero-order valence-electron chi connectivity index (χ0n) is 32.3. The van der Waals surface area contributed by atoms with Gasteiger partial charge in [0.25, 0.3) is 0 Å². The smallest absolute Gasteiger partial charge is 0.157 e. The van der Waals surface area contributed by atoms with Crippen LogP contribution in [0.15, 0.2) is 78.9 Å². The van der Waals surface area contributed by atoms with Crippen molar-refractivity contribution < 1.29 is 90.8 Å². The Hall–Kier alpha value is -7.80. The van der Waals surface area contributed by atoms with Crippen LogP contribution in [0.5, 0.6) is 86.2 Å². The van der Waals surface area contributed by atoms with Gasteiger partial charge in [-0.3, -0.25) is 0 Å². The second-order valence-electron chi connectivity index (χ2n) is 15.7. The Bertz CT molecular complexity index is 2840. The maximum atomic E-state index is 12.5. The highest BCUT2D eigenvalue weighted by Gasteiger charge is 2.51. The predicted octanol–water partition coefficient (Wildman–Crippen LogP) is 4.44. The number of benzene rings is 6. The number of aliphatic hydroxyl groups excluding tert-OH is 3. The van der Waals surface area contributed by atoms with Gasteiger partial charge in [0.1, 0.15) is 70.1 Å². The lowest BCUT2D eigenvalue weighted by Crippen LogP contribution is -2.39. The van der Waals surface area contributed by atoms with Gasteiger partial charge in [0.2, 0.25) is 0 Å². The maximum Gasteiger partial charge on any atom is 0.157 e. The van der Waals surface area contributed by atoms with Gasteiger partial charge in [-0.1, -0.05) is 18.2 Å². The molecule has 0 unspecified atom stereocenters. The van der Waals surface area contributed by atoms with E-state index in [4.69, 9.17) is 14.2 Å². The largest absolute Gasteiger partial charge is 0.508 e. The maximum absolute atomic E-state index is 12.5. The summed E-state index contributed by atoms with van der Waals surface area (Å²) < 4.78 is 18.9. The van der Waals surface area contributed by atoms with Gasteiger partial charge in [0.15, 0.2) is 46.7 Å². The predicted molar refractivity (Wildman–Crippen MR) is 214 cm³/mol. The van der Waals surface area contributed by atoms with Crippen molar-refractivity contribution in [1.82, 2.24) is 0 Å². The van der Waals surface area contributed by atoms with Crippen LogP contribution in [0.3, 0.4) is 0 Å². The molecule has 3 aliphatic rings. The highest BCUT2D eigenvalue weighted by Crippen LogP contribution is 2.62. The number of hydrogen-bond donors (Lipinski definition) is 15. The molecule has 0 radical (unpaired) electrons. The number of ether oxygens (including phenoxy) is 3. The fourth-order valence-corrected chi connectivity index (χ4v) is 8.94. The quantitative estimate of drug-likeness (QED) is 0.106. The summed E-state index contributed by atoms with van der Waals surface area (Å²) in [5, 5.41) is 166. The molecule has 3 aliphatic heterocycles. The van der Waals surface area contributed by atoms with Crippen molar-refractivity contribution in [3.8, 4) is 86.2 Å². The molecule has 0 fully saturated rings. The topological polar surface area (TPSA) is 331 Å². The van der Waals surface area contributed by atoms with Crippen molar-refractivity contribution in [2.75, 3.05) is 0 Å². The Labute approximate surface area is 354 Å². The number of phenolic OH excluding ortho intramolecular Hbond substituents is 12. The molecule has 0 bridgehead atoms. The van der Waals surface area contributed by atoms with Gasteiger partial charge in [-0.2, -0.15) is 0 Å². The second-order valence-corrected chi connectivity index (χ2v) is 15.7. The van der Waals surface area contributed by atoms with Crippen LogP contribution in [-0.2, 0) is 6.42 Å². The van der Waals surface area contributed by atoms with Crippen molar-refractivity contribution >= 4 is 0 Å². The summed E-state index contributed by atoms with van der Waals surface area (Å²) in [4.78, 5) is 0. The number of rotatable bonds is 5. The van der Waals surface area contributed by atoms with Gasteiger partial charge in [-0.15, -0.1) is 0 Å². The molecule has 0 saturated carbocycles. The summed E-state index contributed by atoms with van der Waals surface area (Å²) in [7, 11) is 0. The Morgan fingerprint density at radius 3 is 1.29 bits per heavy atom. The lowest BCUT2D eigenvalue weighted by Gasteiger charge is -2.43. The molecule has 0 aliphatic carbocycles. The van der Waals surface area contributed by atoms with Crippen molar-refractivity contribution in [3.63, 3.8) is 0 Å². The third-order valence-electron chi connectivity index (χ3n) is 11.8. The molecular weight excluding hydrogens is 828 g/mol. The average molecular weight is 867 g/mol. The van der Waals surface area contributed by atoms with E-state index < -0.39 is 123 Å². The zero-order valence-corrected chi connectivity index (χ0v) is 32.3. The molecule has 18 nitrogen and oxygen atoms in total. The monoisotopic (exact) mass is 866 g/mol. The van der Waals surface area contributed by atoms with Gasteiger partial charge in [0.05, 0.1) is 17.9 Å². The molecule has 6 aromatic carbocycles. The summed E-state index contributed by atoms with van der Waals surface area (Å²) >= 11 is 0. The fourth-order valence-electron chi connectivity index (χ4n) is 8.94. The number of aliphatic hydroxyl groups is 3. The van der Waals surface area contributed by atoms with Gasteiger partial charge < -0.3 is 90.8 Å². The Balaban J connectivity index is 1.31. The van der Waals surface area contributed by atoms with Crippen LogP contribution in [0.4, 0.5) is 0 Å². The van der Waals surface area contributed by atoms with Crippen LogP contribution in [0.1, 0.15) is 74.7 Å². The lowest BCUT2D eigenvalue weighted by molar-refractivity contribution is -0.00562. The second kappa shape index (κ2) is 14.7. The molecule has 15 N–H and O–H groups in total. The number of fused-ring (bicyclic) bond motifs is 3. The highest BCUT2D eigenvalue weighted by atomic mass is 16.5. The summed E-state index contributed by atoms with van der Waals surface area (Å²) in [5.41, 5.74) is -1.10. The zero-order chi connectivity index (χ0) is 44.9. The number of phenols is 12. The van der Waals surface area contributed by atoms with Crippen LogP contribution in [0.2, 0.25) is 0 Å². The Morgan fingerprint density at radius 2 is 0.778 bits per heavy atom. The molecule has 0 spiro atoms. The first kappa shape index (κ1) is 40.6. The molecule has 0 amide bonds. The van der Waals surface area contributed by atoms with E-state index in [-0.39, 0.29) is 62.4 Å². The van der Waals surface area contributed by atoms with Gasteiger partial charge >= 0.3 is 0 Å². The van der Waals surface area contributed by atoms with E-state index in [0.29, 0.717) is 0 Å². The first-order chi connectivity index (χ1) is 29.9. The molecule has 6 aromatic rings. The lowest BCUT2D eigenvalue weighted by atomic mass is 9.73. The number of aromatic hydroxyl groups is 12. The van der Waals surface area contributed by atoms with E-state index in [0.717, 1.165) is 60.7 Å². The first-order valence-corrected chi connectivity index (χ1v) is 19.3. The molecular formula is C45H38O18. The normalized spacial score (nSPS) is 23.6. The highest BCUT2D eigenvalue weighted by molar-refractivity contribution is 5.70. The minimum atomic E-state index is -1.90. The van der Waals surface area contributed by atoms with Crippen molar-refractivity contribution in [2.24, 2.45) is 0 Å². The SMILES string of the molecule is Oc1cc(O)c2c(c1)O[C@H](c1ccc(O)c(O)c1)[C@H](O)[C@@H]2c1c(O)cc(O)c2c1O[C@H](c1ccc(O)c(O)c1)[C@H](O)[C@@H]2c1c(O)cc(O)c2c1O[C@H](c1ccc(O)c(O)c1)[C@H](O)C2. The van der Waals surface area contributed by atoms with Crippen molar-refractivity contribution in [2.45, 2.75) is 54.9 Å². The van der Waals surface area contributed by atoms with E-state index in [2.05, 4.69) is 0 Å². The first-order valence-electron chi connectivity index (χ1n) is 19.3. The van der Waals surface area contributed by atoms with E-state index in [9.17, 15) is 76.6 Å². The van der Waals surface area contributed by atoms with Crippen molar-refractivity contribution in [1.29, 1.82) is 0 Å². The molecule has 8 atom stereocenters. The third-order valence-corrected chi connectivity index (χ3v) is 11.8. The van der Waals surface area contributed by atoms with Crippen LogP contribution >= 0.6 is 0 Å². The van der Waals surface area contributed by atoms with E-state index in [1.807, 2.05) is 0 Å². The molecule has 326 valence electrons. The van der Waals surface area contributed by atoms with E-state index >= 15 is 0 Å². The minimum absolute atomic E-state index is 0.0127. The summed E-state index contributed by atoms with van der Waals surface area (Å²) in [6.07, 6.45) is -9.93. The van der Waals surface area contributed by atoms with Crippen molar-refractivity contribution in [3.05, 3.63) is 123 Å². The van der Waals surface area contributed by atoms with Crippen LogP contribution in [0.25, 0.3) is 0 Å². The van der Waals surface area contributed by atoms with E-state index in [1.165, 1.54) is 18.2 Å². The molecule has 0 saturated heterocycles. The summed E-state index contributed by atoms with van der Waals surface area (Å²) in [6.45, 7) is 0. The molecule has 0 aromatic heterocycles. The molecule has 63 heavy (non-hydrogen) atoms. The average Bonchev–Trinajstić information content (AvgIpc) is 3.22. The Kier molecular flexibility index (Phi) is 9.46.